The van der Waals surface area contributed by atoms with Crippen molar-refractivity contribution in [1.29, 1.82) is 0 Å². The second-order valence-corrected chi connectivity index (χ2v) is 6.37. The van der Waals surface area contributed by atoms with Crippen LogP contribution in [0.15, 0.2) is 42.9 Å². The number of amides is 1. The predicted molar refractivity (Wildman–Crippen MR) is 96.5 cm³/mol. The number of ether oxygens (including phenoxy) is 1. The van der Waals surface area contributed by atoms with Crippen LogP contribution >= 0.6 is 0 Å². The Kier molecular flexibility index (Phi) is 5.60. The lowest BCUT2D eigenvalue weighted by Gasteiger charge is -2.25. The van der Waals surface area contributed by atoms with Gasteiger partial charge in [-0.05, 0) is 30.5 Å². The lowest BCUT2D eigenvalue weighted by atomic mass is 10.1. The molecule has 1 fully saturated rings. The zero-order valence-electron chi connectivity index (χ0n) is 14.7. The number of anilines is 1. The number of rotatable bonds is 6. The highest BCUT2D eigenvalue weighted by Gasteiger charge is 2.33. The molecule has 3 rings (SSSR count). The second kappa shape index (κ2) is 8.07. The van der Waals surface area contributed by atoms with E-state index in [0.717, 1.165) is 29.9 Å². The molecule has 0 aliphatic carbocycles. The largest absolute Gasteiger partial charge is 0.380 e. The Hall–Kier alpha value is -2.47. The van der Waals surface area contributed by atoms with Gasteiger partial charge in [0.25, 0.3) is 0 Å². The maximum atomic E-state index is 12.3. The van der Waals surface area contributed by atoms with Crippen molar-refractivity contribution in [2.24, 2.45) is 0 Å². The number of methoxy groups -OCH3 is 1. The maximum absolute atomic E-state index is 12.3. The molecule has 6 nitrogen and oxygen atoms in total. The molecule has 1 aromatic heterocycles. The van der Waals surface area contributed by atoms with Crippen molar-refractivity contribution in [1.82, 2.24) is 15.3 Å². The van der Waals surface area contributed by atoms with E-state index in [1.54, 1.807) is 19.6 Å². The van der Waals surface area contributed by atoms with Gasteiger partial charge in [-0.25, -0.2) is 9.97 Å². The predicted octanol–water partition coefficient (Wildman–Crippen LogP) is 1.74. The minimum absolute atomic E-state index is 0.0396. The van der Waals surface area contributed by atoms with Crippen LogP contribution in [-0.4, -0.2) is 48.2 Å². The number of aryl methyl sites for hydroxylation is 1. The van der Waals surface area contributed by atoms with Gasteiger partial charge >= 0.3 is 0 Å². The van der Waals surface area contributed by atoms with Crippen LogP contribution in [0.4, 0.5) is 5.82 Å². The van der Waals surface area contributed by atoms with Crippen LogP contribution in [-0.2, 0) is 16.0 Å². The molecule has 2 aromatic rings. The number of benzene rings is 1. The molecule has 2 atom stereocenters. The summed E-state index contributed by atoms with van der Waals surface area (Å²) in [6, 6.07) is 10.0. The first kappa shape index (κ1) is 17.4. The molecule has 0 spiro atoms. The first-order valence-electron chi connectivity index (χ1n) is 8.54. The van der Waals surface area contributed by atoms with E-state index in [9.17, 15) is 4.79 Å². The minimum atomic E-state index is 0.0396. The molecule has 0 saturated carbocycles. The van der Waals surface area contributed by atoms with Gasteiger partial charge in [-0.15, -0.1) is 0 Å². The van der Waals surface area contributed by atoms with Crippen LogP contribution < -0.4 is 10.2 Å². The zero-order valence-corrected chi connectivity index (χ0v) is 14.7. The zero-order chi connectivity index (χ0) is 17.6. The first-order chi connectivity index (χ1) is 12.2. The van der Waals surface area contributed by atoms with Crippen LogP contribution in [0.5, 0.6) is 0 Å². The van der Waals surface area contributed by atoms with Gasteiger partial charge in [0.15, 0.2) is 0 Å². The van der Waals surface area contributed by atoms with Gasteiger partial charge in [-0.2, -0.15) is 0 Å². The Bertz CT molecular complexity index is 708. The summed E-state index contributed by atoms with van der Waals surface area (Å²) in [4.78, 5) is 22.8. The molecule has 1 amide bonds. The van der Waals surface area contributed by atoms with Gasteiger partial charge in [0.1, 0.15) is 12.1 Å². The summed E-state index contributed by atoms with van der Waals surface area (Å²) in [7, 11) is 1.72. The summed E-state index contributed by atoms with van der Waals surface area (Å²) in [5.41, 5.74) is 2.20. The third-order valence-corrected chi connectivity index (χ3v) is 4.72. The number of hydrogen-bond acceptors (Lipinski definition) is 5. The third-order valence-electron chi connectivity index (χ3n) is 4.72. The SMILES string of the molecule is CO[C@@H]1C[C@H](CNC(=O)Cc2ccccc2C)N(c2ccncn2)C1. The maximum Gasteiger partial charge on any atom is 0.224 e. The van der Waals surface area contributed by atoms with Gasteiger partial charge in [-0.1, -0.05) is 24.3 Å². The van der Waals surface area contributed by atoms with Crippen molar-refractivity contribution in [3.63, 3.8) is 0 Å². The van der Waals surface area contributed by atoms with E-state index < -0.39 is 0 Å². The Labute approximate surface area is 148 Å². The molecule has 1 aliphatic rings. The average molecular weight is 340 g/mol. The first-order valence-corrected chi connectivity index (χ1v) is 8.54. The molecule has 1 aromatic carbocycles. The van der Waals surface area contributed by atoms with Gasteiger partial charge in [0.05, 0.1) is 18.6 Å². The molecule has 0 unspecified atom stereocenters. The summed E-state index contributed by atoms with van der Waals surface area (Å²) in [5.74, 6) is 0.908. The lowest BCUT2D eigenvalue weighted by Crippen LogP contribution is -2.41. The topological polar surface area (TPSA) is 67.3 Å². The van der Waals surface area contributed by atoms with Crippen molar-refractivity contribution in [3.8, 4) is 0 Å². The number of carbonyl (C=O) groups is 1. The van der Waals surface area contributed by atoms with E-state index in [2.05, 4.69) is 20.2 Å². The van der Waals surface area contributed by atoms with E-state index in [0.29, 0.717) is 13.0 Å². The quantitative estimate of drug-likeness (QED) is 0.867. The summed E-state index contributed by atoms with van der Waals surface area (Å²) >= 11 is 0. The number of nitrogens with zero attached hydrogens (tertiary/aromatic N) is 3. The van der Waals surface area contributed by atoms with E-state index in [1.165, 1.54) is 0 Å². The van der Waals surface area contributed by atoms with Gasteiger partial charge < -0.3 is 15.0 Å². The van der Waals surface area contributed by atoms with Crippen molar-refractivity contribution in [3.05, 3.63) is 54.0 Å². The Morgan fingerprint density at radius 2 is 2.20 bits per heavy atom. The molecule has 132 valence electrons. The summed E-state index contributed by atoms with van der Waals surface area (Å²) in [5, 5.41) is 3.07. The van der Waals surface area contributed by atoms with Gasteiger partial charge in [0, 0.05) is 26.4 Å². The standard InChI is InChI=1S/C19H24N4O2/c1-14-5-3-4-6-15(14)9-19(24)21-11-16-10-17(25-2)12-23(16)18-7-8-20-13-22-18/h3-8,13,16-17H,9-12H2,1-2H3,(H,21,24)/t16-,17-/m1/s1. The monoisotopic (exact) mass is 340 g/mol. The molecule has 1 aliphatic heterocycles. The van der Waals surface area contributed by atoms with Crippen molar-refractivity contribution in [2.75, 3.05) is 25.1 Å². The fourth-order valence-corrected chi connectivity index (χ4v) is 3.25. The van der Waals surface area contributed by atoms with Gasteiger partial charge in [-0.3, -0.25) is 4.79 Å². The second-order valence-electron chi connectivity index (χ2n) is 6.37. The number of aromatic nitrogens is 2. The summed E-state index contributed by atoms with van der Waals surface area (Å²) in [6.07, 6.45) is 4.69. The molecule has 1 N–H and O–H groups in total. The molecular formula is C19H24N4O2. The number of hydrogen-bond donors (Lipinski definition) is 1. The highest BCUT2D eigenvalue weighted by molar-refractivity contribution is 5.79. The Morgan fingerprint density at radius 3 is 2.92 bits per heavy atom. The Morgan fingerprint density at radius 1 is 1.36 bits per heavy atom. The number of nitrogens with one attached hydrogen (secondary N) is 1. The van der Waals surface area contributed by atoms with E-state index >= 15 is 0 Å². The van der Waals surface area contributed by atoms with E-state index in [4.69, 9.17) is 4.74 Å². The molecule has 25 heavy (non-hydrogen) atoms. The van der Waals surface area contributed by atoms with Crippen LogP contribution in [0.25, 0.3) is 0 Å². The third kappa shape index (κ3) is 4.33. The smallest absolute Gasteiger partial charge is 0.224 e. The molecular weight excluding hydrogens is 316 g/mol. The van der Waals surface area contributed by atoms with Crippen LogP contribution in [0.3, 0.4) is 0 Å². The van der Waals surface area contributed by atoms with E-state index in [1.807, 2.05) is 37.3 Å². The molecule has 6 heteroatoms. The summed E-state index contributed by atoms with van der Waals surface area (Å²) in [6.45, 7) is 3.38. The highest BCUT2D eigenvalue weighted by atomic mass is 16.5. The normalized spacial score (nSPS) is 19.8. The van der Waals surface area contributed by atoms with Crippen LogP contribution in [0, 0.1) is 6.92 Å². The van der Waals surface area contributed by atoms with Crippen LogP contribution in [0.1, 0.15) is 17.5 Å². The number of carbonyl (C=O) groups excluding carboxylic acids is 1. The molecule has 0 radical (unpaired) electrons. The lowest BCUT2D eigenvalue weighted by molar-refractivity contribution is -0.120. The Balaban J connectivity index is 1.60. The average Bonchev–Trinajstić information content (AvgIpc) is 3.06. The molecule has 0 bridgehead atoms. The van der Waals surface area contributed by atoms with E-state index in [-0.39, 0.29) is 18.1 Å². The van der Waals surface area contributed by atoms with Crippen molar-refractivity contribution < 1.29 is 9.53 Å². The summed E-state index contributed by atoms with van der Waals surface area (Å²) < 4.78 is 5.51. The fraction of sp³-hybridized carbons (Fsp3) is 0.421. The minimum Gasteiger partial charge on any atom is -0.380 e. The van der Waals surface area contributed by atoms with Gasteiger partial charge in [0.2, 0.25) is 5.91 Å². The molecule has 1 saturated heterocycles. The van der Waals surface area contributed by atoms with Crippen LogP contribution in [0.2, 0.25) is 0 Å². The highest BCUT2D eigenvalue weighted by Crippen LogP contribution is 2.24. The molecule has 2 heterocycles. The van der Waals surface area contributed by atoms with Crippen molar-refractivity contribution in [2.45, 2.75) is 31.9 Å². The van der Waals surface area contributed by atoms with Crippen molar-refractivity contribution >= 4 is 11.7 Å². The fourth-order valence-electron chi connectivity index (χ4n) is 3.25.